The second kappa shape index (κ2) is 4.89. The number of rotatable bonds is 2. The Morgan fingerprint density at radius 1 is 1.60 bits per heavy atom. The average Bonchev–Trinajstić information content (AvgIpc) is 2.79. The fraction of sp³-hybridized carbons (Fsp3) is 0.500. The molecule has 0 unspecified atom stereocenters. The monoisotopic (exact) mass is 281 g/mol. The van der Waals surface area contributed by atoms with E-state index in [1.54, 1.807) is 19.2 Å². The van der Waals surface area contributed by atoms with Crippen LogP contribution in [0.4, 0.5) is 5.82 Å². The first kappa shape index (κ1) is 13.1. The van der Waals surface area contributed by atoms with Gasteiger partial charge >= 0.3 is 5.69 Å². The van der Waals surface area contributed by atoms with Crippen molar-refractivity contribution < 1.29 is 19.8 Å². The molecule has 2 aliphatic heterocycles. The van der Waals surface area contributed by atoms with Crippen LogP contribution in [0.2, 0.25) is 0 Å². The third kappa shape index (κ3) is 2.17. The smallest absolute Gasteiger partial charge is 0.351 e. The van der Waals surface area contributed by atoms with Crippen LogP contribution < -0.4 is 11.2 Å². The summed E-state index contributed by atoms with van der Waals surface area (Å²) in [6.07, 6.45) is 1.46. The Morgan fingerprint density at radius 3 is 3.10 bits per heavy atom. The van der Waals surface area contributed by atoms with Gasteiger partial charge in [-0.05, 0) is 13.0 Å². The number of aromatic nitrogens is 2. The number of nitrogens with one attached hydrogen (secondary N) is 1. The predicted octanol–water partition coefficient (Wildman–Crippen LogP) is -0.398. The van der Waals surface area contributed by atoms with Crippen molar-refractivity contribution in [3.63, 3.8) is 0 Å². The number of ether oxygens (including phenoxy) is 1. The maximum Gasteiger partial charge on any atom is 0.351 e. The van der Waals surface area contributed by atoms with Crippen molar-refractivity contribution >= 4 is 11.9 Å². The largest absolute Gasteiger partial charge is 0.394 e. The Kier molecular flexibility index (Phi) is 3.20. The van der Waals surface area contributed by atoms with Gasteiger partial charge in [0.2, 0.25) is 0 Å². The summed E-state index contributed by atoms with van der Waals surface area (Å²) in [6, 6.07) is 0. The van der Waals surface area contributed by atoms with Crippen LogP contribution in [-0.2, 0) is 9.57 Å². The van der Waals surface area contributed by atoms with Crippen LogP contribution >= 0.6 is 0 Å². The van der Waals surface area contributed by atoms with E-state index < -0.39 is 24.1 Å². The highest BCUT2D eigenvalue weighted by Crippen LogP contribution is 2.29. The number of aliphatic hydroxyl groups is 2. The van der Waals surface area contributed by atoms with Gasteiger partial charge < -0.3 is 19.8 Å². The van der Waals surface area contributed by atoms with E-state index in [1.807, 2.05) is 0 Å². The van der Waals surface area contributed by atoms with Crippen LogP contribution in [0.15, 0.2) is 16.8 Å². The summed E-state index contributed by atoms with van der Waals surface area (Å²) in [5.41, 5.74) is 2.76. The Bertz CT molecular complexity index is 612. The lowest BCUT2D eigenvalue weighted by Gasteiger charge is -2.19. The second-order valence-electron chi connectivity index (χ2n) is 4.81. The Morgan fingerprint density at radius 2 is 2.40 bits per heavy atom. The van der Waals surface area contributed by atoms with Crippen LogP contribution in [0.3, 0.4) is 0 Å². The van der Waals surface area contributed by atoms with Gasteiger partial charge in [0.25, 0.3) is 0 Å². The minimum atomic E-state index is -0.799. The highest BCUT2D eigenvalue weighted by Gasteiger charge is 2.35. The van der Waals surface area contributed by atoms with Crippen LogP contribution in [0.25, 0.3) is 6.08 Å². The van der Waals surface area contributed by atoms with Gasteiger partial charge in [-0.25, -0.2) is 10.3 Å². The maximum atomic E-state index is 12.0. The fourth-order valence-corrected chi connectivity index (χ4v) is 2.31. The SMILES string of the molecule is CC1=Cc2cn([C@H]3C[C@H](O)[C@@H](CO)O3)c(=O)nc2NO1. The molecule has 2 aliphatic rings. The molecule has 0 bridgehead atoms. The van der Waals surface area contributed by atoms with Gasteiger partial charge in [-0.15, -0.1) is 0 Å². The molecule has 3 N–H and O–H groups in total. The fourth-order valence-electron chi connectivity index (χ4n) is 2.31. The average molecular weight is 281 g/mol. The van der Waals surface area contributed by atoms with Crippen molar-refractivity contribution in [3.05, 3.63) is 28.0 Å². The number of aliphatic hydroxyl groups excluding tert-OH is 2. The molecule has 3 rings (SSSR count). The van der Waals surface area contributed by atoms with Gasteiger partial charge in [-0.3, -0.25) is 4.57 Å². The molecule has 0 aliphatic carbocycles. The number of anilines is 1. The summed E-state index contributed by atoms with van der Waals surface area (Å²) in [5, 5.41) is 18.8. The molecule has 8 nitrogen and oxygen atoms in total. The molecule has 1 fully saturated rings. The standard InChI is InChI=1S/C12H15N3O5/c1-6-2-7-4-15(12(18)13-11(7)14-20-6)10-3-8(17)9(5-16)19-10/h2,4,8-10,16-17H,3,5H2,1H3,(H,13,14,18)/t8-,9+,10+/m0/s1. The quantitative estimate of drug-likeness (QED) is 0.677. The van der Waals surface area contributed by atoms with Gasteiger partial charge in [0.1, 0.15) is 18.1 Å². The van der Waals surface area contributed by atoms with E-state index in [-0.39, 0.29) is 13.0 Å². The number of allylic oxidation sites excluding steroid dienone is 1. The maximum absolute atomic E-state index is 12.0. The normalized spacial score (nSPS) is 28.4. The molecule has 3 heterocycles. The lowest BCUT2D eigenvalue weighted by Crippen LogP contribution is -2.29. The van der Waals surface area contributed by atoms with Gasteiger partial charge in [0, 0.05) is 18.2 Å². The molecule has 1 aromatic heterocycles. The minimum absolute atomic E-state index is 0.234. The molecular weight excluding hydrogens is 266 g/mol. The number of nitrogens with zero attached hydrogens (tertiary/aromatic N) is 2. The zero-order valence-electron chi connectivity index (χ0n) is 10.8. The topological polar surface area (TPSA) is 106 Å². The summed E-state index contributed by atoms with van der Waals surface area (Å²) < 4.78 is 6.77. The Labute approximate surface area is 114 Å². The van der Waals surface area contributed by atoms with Crippen molar-refractivity contribution in [1.29, 1.82) is 0 Å². The predicted molar refractivity (Wildman–Crippen MR) is 68.5 cm³/mol. The molecule has 0 amide bonds. The summed E-state index contributed by atoms with van der Waals surface area (Å²) in [7, 11) is 0. The third-order valence-corrected chi connectivity index (χ3v) is 3.34. The highest BCUT2D eigenvalue weighted by molar-refractivity contribution is 5.64. The number of hydrogen-bond donors (Lipinski definition) is 3. The zero-order valence-corrected chi connectivity index (χ0v) is 10.8. The number of hydrogen-bond acceptors (Lipinski definition) is 7. The van der Waals surface area contributed by atoms with Gasteiger partial charge in [-0.1, -0.05) is 0 Å². The lowest BCUT2D eigenvalue weighted by molar-refractivity contribution is -0.0459. The molecule has 0 aromatic carbocycles. The summed E-state index contributed by atoms with van der Waals surface area (Å²) in [4.78, 5) is 20.9. The molecule has 1 aromatic rings. The first-order chi connectivity index (χ1) is 9.58. The minimum Gasteiger partial charge on any atom is -0.394 e. The van der Waals surface area contributed by atoms with E-state index in [4.69, 9.17) is 14.7 Å². The molecule has 8 heteroatoms. The summed E-state index contributed by atoms with van der Waals surface area (Å²) in [5.74, 6) is 0.985. The van der Waals surface area contributed by atoms with E-state index in [0.717, 1.165) is 0 Å². The molecule has 0 saturated carbocycles. The van der Waals surface area contributed by atoms with Gasteiger partial charge in [-0.2, -0.15) is 4.98 Å². The van der Waals surface area contributed by atoms with E-state index in [9.17, 15) is 9.90 Å². The van der Waals surface area contributed by atoms with Crippen LogP contribution in [0.5, 0.6) is 0 Å². The van der Waals surface area contributed by atoms with E-state index in [1.165, 1.54) is 4.57 Å². The first-order valence-corrected chi connectivity index (χ1v) is 6.27. The van der Waals surface area contributed by atoms with Crippen LogP contribution in [0.1, 0.15) is 25.1 Å². The van der Waals surface area contributed by atoms with Crippen molar-refractivity contribution in [1.82, 2.24) is 9.55 Å². The summed E-state index contributed by atoms with van der Waals surface area (Å²) in [6.45, 7) is 1.47. The third-order valence-electron chi connectivity index (χ3n) is 3.34. The van der Waals surface area contributed by atoms with Crippen molar-refractivity contribution in [3.8, 4) is 0 Å². The molecule has 1 saturated heterocycles. The Balaban J connectivity index is 1.96. The first-order valence-electron chi connectivity index (χ1n) is 6.27. The molecule has 3 atom stereocenters. The van der Waals surface area contributed by atoms with Crippen LogP contribution in [-0.4, -0.2) is 38.6 Å². The van der Waals surface area contributed by atoms with Crippen molar-refractivity contribution in [2.45, 2.75) is 31.8 Å². The van der Waals surface area contributed by atoms with E-state index >= 15 is 0 Å². The summed E-state index contributed by atoms with van der Waals surface area (Å²) >= 11 is 0. The molecule has 0 spiro atoms. The molecule has 20 heavy (non-hydrogen) atoms. The lowest BCUT2D eigenvalue weighted by atomic mass is 10.2. The second-order valence-corrected chi connectivity index (χ2v) is 4.81. The highest BCUT2D eigenvalue weighted by atomic mass is 16.6. The molecule has 108 valence electrons. The van der Waals surface area contributed by atoms with Crippen molar-refractivity contribution in [2.24, 2.45) is 0 Å². The molecule has 0 radical (unpaired) electrons. The van der Waals surface area contributed by atoms with Crippen molar-refractivity contribution in [2.75, 3.05) is 12.1 Å². The Hall–Kier alpha value is -1.90. The number of fused-ring (bicyclic) bond motifs is 1. The zero-order chi connectivity index (χ0) is 14.3. The van der Waals surface area contributed by atoms with Gasteiger partial charge in [0.05, 0.1) is 12.7 Å². The molecular formula is C12H15N3O5. The van der Waals surface area contributed by atoms with Crippen LogP contribution in [0, 0.1) is 0 Å². The van der Waals surface area contributed by atoms with E-state index in [2.05, 4.69) is 10.5 Å². The van der Waals surface area contributed by atoms with E-state index in [0.29, 0.717) is 17.1 Å². The van der Waals surface area contributed by atoms with Gasteiger partial charge in [0.15, 0.2) is 5.82 Å².